The van der Waals surface area contributed by atoms with Crippen LogP contribution in [0.3, 0.4) is 0 Å². The highest BCUT2D eigenvalue weighted by molar-refractivity contribution is 5.79. The molecule has 154 valence electrons. The third kappa shape index (κ3) is 5.71. The van der Waals surface area contributed by atoms with Crippen LogP contribution in [0.15, 0.2) is 64.5 Å². The summed E-state index contributed by atoms with van der Waals surface area (Å²) in [7, 11) is 0. The van der Waals surface area contributed by atoms with Gasteiger partial charge in [0.15, 0.2) is 5.96 Å². The van der Waals surface area contributed by atoms with Gasteiger partial charge in [-0.05, 0) is 44.0 Å². The fourth-order valence-electron chi connectivity index (χ4n) is 3.03. The van der Waals surface area contributed by atoms with E-state index in [0.29, 0.717) is 18.3 Å². The molecule has 1 aromatic carbocycles. The summed E-state index contributed by atoms with van der Waals surface area (Å²) < 4.78 is 7.44. The number of hydrogen-bond acceptors (Lipinski definition) is 4. The van der Waals surface area contributed by atoms with Crippen molar-refractivity contribution in [3.8, 4) is 0 Å². The second-order valence-corrected chi connectivity index (χ2v) is 7.22. The quantitative estimate of drug-likeness (QED) is 0.403. The van der Waals surface area contributed by atoms with Gasteiger partial charge in [-0.25, -0.2) is 9.98 Å². The van der Waals surface area contributed by atoms with Crippen LogP contribution >= 0.6 is 0 Å². The van der Waals surface area contributed by atoms with E-state index in [9.17, 15) is 5.11 Å². The minimum Gasteiger partial charge on any atom is -0.466 e. The fourth-order valence-corrected chi connectivity index (χ4v) is 3.03. The highest BCUT2D eigenvalue weighted by atomic mass is 16.4. The average Bonchev–Trinajstić information content (AvgIpc) is 3.37. The molecule has 3 aromatic rings. The van der Waals surface area contributed by atoms with Gasteiger partial charge in [-0.3, -0.25) is 0 Å². The summed E-state index contributed by atoms with van der Waals surface area (Å²) in [5.74, 6) is 2.16. The number of rotatable bonds is 8. The van der Waals surface area contributed by atoms with Crippen LogP contribution in [0.2, 0.25) is 0 Å². The normalized spacial score (nSPS) is 13.9. The smallest absolute Gasteiger partial charge is 0.191 e. The van der Waals surface area contributed by atoms with E-state index in [1.54, 1.807) is 25.3 Å². The molecule has 0 fully saturated rings. The predicted molar refractivity (Wildman–Crippen MR) is 114 cm³/mol. The van der Waals surface area contributed by atoms with Gasteiger partial charge in [-0.2, -0.15) is 0 Å². The molecule has 2 heterocycles. The number of hydrogen-bond donors (Lipinski definition) is 3. The van der Waals surface area contributed by atoms with Gasteiger partial charge in [0.2, 0.25) is 0 Å². The predicted octanol–water partition coefficient (Wildman–Crippen LogP) is 2.80. The number of nitrogens with zero attached hydrogens (tertiary/aromatic N) is 3. The van der Waals surface area contributed by atoms with Crippen molar-refractivity contribution < 1.29 is 9.52 Å². The van der Waals surface area contributed by atoms with Crippen molar-refractivity contribution in [1.29, 1.82) is 0 Å². The van der Waals surface area contributed by atoms with Crippen molar-refractivity contribution in [3.63, 3.8) is 0 Å². The zero-order valence-corrected chi connectivity index (χ0v) is 17.2. The number of nitrogens with one attached hydrogen (secondary N) is 2. The summed E-state index contributed by atoms with van der Waals surface area (Å²) in [6.45, 7) is 8.06. The van der Waals surface area contributed by atoms with Crippen molar-refractivity contribution in [1.82, 2.24) is 20.2 Å². The average molecular weight is 396 g/mol. The minimum absolute atomic E-state index is 0.284. The molecule has 0 bridgehead atoms. The number of benzene rings is 1. The largest absolute Gasteiger partial charge is 0.466 e. The lowest BCUT2D eigenvalue weighted by Gasteiger charge is -2.22. The number of aromatic nitrogens is 2. The van der Waals surface area contributed by atoms with Gasteiger partial charge in [-0.1, -0.05) is 24.3 Å². The van der Waals surface area contributed by atoms with E-state index in [2.05, 4.69) is 49.4 Å². The van der Waals surface area contributed by atoms with Gasteiger partial charge in [0.05, 0.1) is 19.4 Å². The van der Waals surface area contributed by atoms with Crippen LogP contribution in [0.25, 0.3) is 0 Å². The third-order valence-corrected chi connectivity index (χ3v) is 4.68. The molecular weight excluding hydrogens is 366 g/mol. The standard InChI is InChI=1S/C22H29N5O2/c1-4-23-21(26-16-22(3,28)20-9-6-12-29-20)25-14-18-7-5-8-19(13-18)15-27-11-10-24-17(27)2/h5-13,28H,4,14-16H2,1-3H3,(H2,23,25,26). The molecule has 1 atom stereocenters. The number of imidazole rings is 1. The maximum atomic E-state index is 10.6. The van der Waals surface area contributed by atoms with Gasteiger partial charge in [0, 0.05) is 25.5 Å². The summed E-state index contributed by atoms with van der Waals surface area (Å²) in [4.78, 5) is 8.93. The number of aryl methyl sites for hydroxylation is 1. The van der Waals surface area contributed by atoms with E-state index in [1.807, 2.05) is 26.2 Å². The molecule has 0 aliphatic heterocycles. The van der Waals surface area contributed by atoms with E-state index in [0.717, 1.165) is 24.5 Å². The summed E-state index contributed by atoms with van der Waals surface area (Å²) in [6.07, 6.45) is 5.36. The van der Waals surface area contributed by atoms with E-state index in [1.165, 1.54) is 5.56 Å². The van der Waals surface area contributed by atoms with Gasteiger partial charge in [-0.15, -0.1) is 0 Å². The lowest BCUT2D eigenvalue weighted by Crippen LogP contribution is -2.44. The molecule has 0 spiro atoms. The first kappa shape index (κ1) is 20.7. The van der Waals surface area contributed by atoms with E-state index in [-0.39, 0.29) is 6.54 Å². The highest BCUT2D eigenvalue weighted by Crippen LogP contribution is 2.19. The molecule has 0 aliphatic carbocycles. The van der Waals surface area contributed by atoms with Gasteiger partial charge in [0.1, 0.15) is 17.2 Å². The Balaban J connectivity index is 1.64. The number of aliphatic hydroxyl groups is 1. The Labute approximate surface area is 171 Å². The zero-order valence-electron chi connectivity index (χ0n) is 17.2. The van der Waals surface area contributed by atoms with Gasteiger partial charge >= 0.3 is 0 Å². The van der Waals surface area contributed by atoms with Crippen LogP contribution in [-0.4, -0.2) is 33.7 Å². The van der Waals surface area contributed by atoms with Crippen molar-refractivity contribution >= 4 is 5.96 Å². The SMILES string of the molecule is CCNC(=NCc1cccc(Cn2ccnc2C)c1)NCC(C)(O)c1ccco1. The van der Waals surface area contributed by atoms with Crippen LogP contribution in [0.1, 0.15) is 36.6 Å². The van der Waals surface area contributed by atoms with Crippen molar-refractivity contribution in [2.75, 3.05) is 13.1 Å². The summed E-state index contributed by atoms with van der Waals surface area (Å²) in [5.41, 5.74) is 1.20. The molecule has 3 N–H and O–H groups in total. The first-order valence-electron chi connectivity index (χ1n) is 9.82. The van der Waals surface area contributed by atoms with Crippen LogP contribution in [0.5, 0.6) is 0 Å². The second kappa shape index (κ2) is 9.43. The van der Waals surface area contributed by atoms with Crippen LogP contribution in [0.4, 0.5) is 0 Å². The maximum Gasteiger partial charge on any atom is 0.191 e. The van der Waals surface area contributed by atoms with E-state index < -0.39 is 5.60 Å². The van der Waals surface area contributed by atoms with Gasteiger partial charge < -0.3 is 24.7 Å². The Kier molecular flexibility index (Phi) is 6.72. The third-order valence-electron chi connectivity index (χ3n) is 4.68. The van der Waals surface area contributed by atoms with Crippen LogP contribution in [-0.2, 0) is 18.7 Å². The molecule has 0 radical (unpaired) electrons. The molecule has 0 saturated carbocycles. The molecule has 29 heavy (non-hydrogen) atoms. The topological polar surface area (TPSA) is 87.6 Å². The number of guanidine groups is 1. The Bertz CT molecular complexity index is 928. The molecule has 0 aliphatic rings. The molecule has 2 aromatic heterocycles. The summed E-state index contributed by atoms with van der Waals surface area (Å²) in [6, 6.07) is 11.9. The fraction of sp³-hybridized carbons (Fsp3) is 0.364. The monoisotopic (exact) mass is 395 g/mol. The number of aliphatic imine (C=N–C) groups is 1. The first-order valence-corrected chi connectivity index (χ1v) is 9.82. The minimum atomic E-state index is -1.12. The molecular formula is C22H29N5O2. The second-order valence-electron chi connectivity index (χ2n) is 7.22. The Hall–Kier alpha value is -3.06. The van der Waals surface area contributed by atoms with Crippen molar-refractivity contribution in [3.05, 3.63) is 77.8 Å². The first-order chi connectivity index (χ1) is 14.0. The Morgan fingerprint density at radius 1 is 1.24 bits per heavy atom. The Morgan fingerprint density at radius 2 is 2.07 bits per heavy atom. The molecule has 3 rings (SSSR count). The van der Waals surface area contributed by atoms with E-state index in [4.69, 9.17) is 4.42 Å². The molecule has 7 heteroatoms. The molecule has 0 saturated heterocycles. The highest BCUT2D eigenvalue weighted by Gasteiger charge is 2.26. The lowest BCUT2D eigenvalue weighted by atomic mass is 10.0. The molecule has 0 amide bonds. The lowest BCUT2D eigenvalue weighted by molar-refractivity contribution is 0.0386. The van der Waals surface area contributed by atoms with Gasteiger partial charge in [0.25, 0.3) is 0 Å². The number of furan rings is 1. The van der Waals surface area contributed by atoms with Crippen LogP contribution in [0, 0.1) is 6.92 Å². The molecule has 7 nitrogen and oxygen atoms in total. The van der Waals surface area contributed by atoms with E-state index >= 15 is 0 Å². The zero-order chi connectivity index (χ0) is 20.7. The summed E-state index contributed by atoms with van der Waals surface area (Å²) >= 11 is 0. The van der Waals surface area contributed by atoms with Crippen molar-refractivity contribution in [2.24, 2.45) is 4.99 Å². The maximum absolute atomic E-state index is 10.6. The summed E-state index contributed by atoms with van der Waals surface area (Å²) in [5, 5.41) is 17.0. The van der Waals surface area contributed by atoms with Crippen molar-refractivity contribution in [2.45, 2.75) is 39.5 Å². The van der Waals surface area contributed by atoms with Crippen LogP contribution < -0.4 is 10.6 Å². The Morgan fingerprint density at radius 3 is 2.76 bits per heavy atom. The molecule has 1 unspecified atom stereocenters.